The Morgan fingerprint density at radius 1 is 1.29 bits per heavy atom. The summed E-state index contributed by atoms with van der Waals surface area (Å²) in [6.07, 6.45) is 1.46. The molecule has 2 saturated heterocycles. The van der Waals surface area contributed by atoms with E-state index in [0.717, 1.165) is 31.0 Å². The van der Waals surface area contributed by atoms with Crippen LogP contribution in [0.4, 0.5) is 23.7 Å². The number of carbonyl (C=O) groups excluding carboxylic acids is 1. The number of nitrogens with zero attached hydrogens (tertiary/aromatic N) is 3. The zero-order valence-electron chi connectivity index (χ0n) is 15.0. The molecule has 10 heteroatoms. The minimum Gasteiger partial charge on any atom is -0.381 e. The highest BCUT2D eigenvalue weighted by atomic mass is 19.1. The van der Waals surface area contributed by atoms with Crippen LogP contribution in [0.3, 0.4) is 0 Å². The van der Waals surface area contributed by atoms with Gasteiger partial charge >= 0.3 is 6.03 Å². The van der Waals surface area contributed by atoms with Crippen molar-refractivity contribution >= 4 is 11.7 Å². The van der Waals surface area contributed by atoms with E-state index < -0.39 is 23.3 Å². The normalized spacial score (nSPS) is 23.2. The number of hydrogen-bond donors (Lipinski definition) is 1. The molecule has 1 N–H and O–H groups in total. The Morgan fingerprint density at radius 2 is 2.07 bits per heavy atom. The maximum atomic E-state index is 15.3. The van der Waals surface area contributed by atoms with E-state index in [1.807, 2.05) is 0 Å². The standard InChI is InChI=1S/C18H19F3N4O3/c19-12-1-2-13(20)14(9-12)22-17(26)25-6-5-18(21,10-25)16-23-15(24-28-16)11-3-7-27-8-4-11/h1-2,9,11H,3-8,10H2,(H,22,26). The molecule has 2 aliphatic rings. The predicted molar refractivity (Wildman–Crippen MR) is 91.4 cm³/mol. The molecule has 0 spiro atoms. The third-order valence-electron chi connectivity index (χ3n) is 5.09. The Bertz CT molecular complexity index is 872. The van der Waals surface area contributed by atoms with Gasteiger partial charge in [-0.1, -0.05) is 5.16 Å². The lowest BCUT2D eigenvalue weighted by atomic mass is 9.99. The number of halogens is 3. The lowest BCUT2D eigenvalue weighted by molar-refractivity contribution is 0.0830. The third kappa shape index (κ3) is 3.68. The van der Waals surface area contributed by atoms with Crippen molar-refractivity contribution in [3.8, 4) is 0 Å². The maximum absolute atomic E-state index is 15.3. The van der Waals surface area contributed by atoms with E-state index in [0.29, 0.717) is 19.0 Å². The van der Waals surface area contributed by atoms with Crippen LogP contribution in [0.5, 0.6) is 0 Å². The minimum absolute atomic E-state index is 0.0263. The SMILES string of the molecule is O=C(Nc1cc(F)ccc1F)N1CCC(F)(c2nc(C3CCOCC3)no2)C1. The summed E-state index contributed by atoms with van der Waals surface area (Å²) in [4.78, 5) is 17.7. The fourth-order valence-corrected chi connectivity index (χ4v) is 3.45. The summed E-state index contributed by atoms with van der Waals surface area (Å²) >= 11 is 0. The molecule has 1 aromatic carbocycles. The van der Waals surface area contributed by atoms with Crippen LogP contribution in [-0.2, 0) is 10.4 Å². The molecule has 4 rings (SSSR count). The van der Waals surface area contributed by atoms with Crippen LogP contribution in [0.25, 0.3) is 0 Å². The average molecular weight is 396 g/mol. The predicted octanol–water partition coefficient (Wildman–Crippen LogP) is 3.34. The molecule has 2 aromatic rings. The largest absolute Gasteiger partial charge is 0.381 e. The number of urea groups is 1. The van der Waals surface area contributed by atoms with Gasteiger partial charge in [0.15, 0.2) is 5.82 Å². The van der Waals surface area contributed by atoms with Crippen LogP contribution < -0.4 is 5.32 Å². The summed E-state index contributed by atoms with van der Waals surface area (Å²) in [7, 11) is 0. The van der Waals surface area contributed by atoms with Gasteiger partial charge in [-0.15, -0.1) is 0 Å². The molecule has 7 nitrogen and oxygen atoms in total. The van der Waals surface area contributed by atoms with E-state index in [4.69, 9.17) is 9.26 Å². The van der Waals surface area contributed by atoms with Crippen molar-refractivity contribution in [2.45, 2.75) is 30.8 Å². The van der Waals surface area contributed by atoms with Crippen molar-refractivity contribution in [3.63, 3.8) is 0 Å². The Morgan fingerprint density at radius 3 is 2.86 bits per heavy atom. The first kappa shape index (κ1) is 18.7. The second-order valence-electron chi connectivity index (χ2n) is 7.04. The van der Waals surface area contributed by atoms with Crippen molar-refractivity contribution in [3.05, 3.63) is 41.5 Å². The van der Waals surface area contributed by atoms with Gasteiger partial charge in [0.25, 0.3) is 5.89 Å². The highest BCUT2D eigenvalue weighted by Crippen LogP contribution is 2.36. The molecule has 1 unspecified atom stereocenters. The topological polar surface area (TPSA) is 80.5 Å². The first-order valence-corrected chi connectivity index (χ1v) is 9.06. The number of aromatic nitrogens is 2. The number of ether oxygens (including phenoxy) is 1. The number of rotatable bonds is 3. The van der Waals surface area contributed by atoms with E-state index in [1.165, 1.54) is 4.90 Å². The quantitative estimate of drug-likeness (QED) is 0.861. The monoisotopic (exact) mass is 396 g/mol. The van der Waals surface area contributed by atoms with Gasteiger partial charge in [0.05, 0.1) is 12.2 Å². The van der Waals surface area contributed by atoms with Crippen LogP contribution >= 0.6 is 0 Å². The highest BCUT2D eigenvalue weighted by molar-refractivity contribution is 5.89. The molecule has 0 aliphatic carbocycles. The van der Waals surface area contributed by atoms with E-state index in [9.17, 15) is 13.6 Å². The number of hydrogen-bond acceptors (Lipinski definition) is 5. The third-order valence-corrected chi connectivity index (χ3v) is 5.09. The minimum atomic E-state index is -1.98. The maximum Gasteiger partial charge on any atom is 0.322 e. The van der Waals surface area contributed by atoms with Crippen LogP contribution in [0.1, 0.15) is 36.9 Å². The van der Waals surface area contributed by atoms with Crippen LogP contribution in [0.15, 0.2) is 22.7 Å². The molecule has 3 heterocycles. The number of alkyl halides is 1. The first-order chi connectivity index (χ1) is 13.4. The van der Waals surface area contributed by atoms with Crippen molar-refractivity contribution < 1.29 is 27.2 Å². The lowest BCUT2D eigenvalue weighted by Gasteiger charge is -2.19. The van der Waals surface area contributed by atoms with Crippen LogP contribution in [0, 0.1) is 11.6 Å². The molecular weight excluding hydrogens is 377 g/mol. The van der Waals surface area contributed by atoms with Gasteiger partial charge in [0.2, 0.25) is 5.67 Å². The van der Waals surface area contributed by atoms with Gasteiger partial charge < -0.3 is 19.5 Å². The molecule has 2 fully saturated rings. The second kappa shape index (κ2) is 7.42. The van der Waals surface area contributed by atoms with E-state index in [1.54, 1.807) is 0 Å². The fraction of sp³-hybridized carbons (Fsp3) is 0.500. The van der Waals surface area contributed by atoms with Gasteiger partial charge in [-0.3, -0.25) is 0 Å². The summed E-state index contributed by atoms with van der Waals surface area (Å²) in [5.74, 6) is -1.13. The number of benzene rings is 1. The molecule has 150 valence electrons. The first-order valence-electron chi connectivity index (χ1n) is 9.06. The number of likely N-dealkylation sites (tertiary alicyclic amines) is 1. The number of amides is 2. The van der Waals surface area contributed by atoms with Gasteiger partial charge in [-0.05, 0) is 25.0 Å². The molecule has 0 bridgehead atoms. The Hall–Kier alpha value is -2.62. The second-order valence-corrected chi connectivity index (χ2v) is 7.04. The Labute approximate surface area is 158 Å². The van der Waals surface area contributed by atoms with Gasteiger partial charge in [0, 0.05) is 38.2 Å². The summed E-state index contributed by atoms with van der Waals surface area (Å²) in [6.45, 7) is 0.958. The number of nitrogens with one attached hydrogen (secondary N) is 1. The molecule has 28 heavy (non-hydrogen) atoms. The molecule has 1 atom stereocenters. The zero-order chi connectivity index (χ0) is 19.7. The molecule has 2 amide bonds. The zero-order valence-corrected chi connectivity index (χ0v) is 15.0. The van der Waals surface area contributed by atoms with Crippen molar-refractivity contribution in [2.24, 2.45) is 0 Å². The molecule has 0 saturated carbocycles. The van der Waals surface area contributed by atoms with Gasteiger partial charge in [-0.2, -0.15) is 4.98 Å². The smallest absolute Gasteiger partial charge is 0.322 e. The molecule has 2 aliphatic heterocycles. The molecular formula is C18H19F3N4O3. The van der Waals surface area contributed by atoms with E-state index in [-0.39, 0.29) is 37.0 Å². The van der Waals surface area contributed by atoms with Gasteiger partial charge in [0.1, 0.15) is 11.6 Å². The number of anilines is 1. The van der Waals surface area contributed by atoms with Crippen molar-refractivity contribution in [2.75, 3.05) is 31.6 Å². The Kier molecular flexibility index (Phi) is 4.96. The fourth-order valence-electron chi connectivity index (χ4n) is 3.45. The van der Waals surface area contributed by atoms with E-state index in [2.05, 4.69) is 15.5 Å². The summed E-state index contributed by atoms with van der Waals surface area (Å²) in [5.41, 5.74) is -2.28. The Balaban J connectivity index is 1.43. The summed E-state index contributed by atoms with van der Waals surface area (Å²) in [5, 5.41) is 6.16. The molecule has 1 aromatic heterocycles. The number of carbonyl (C=O) groups is 1. The van der Waals surface area contributed by atoms with E-state index >= 15 is 4.39 Å². The molecule has 0 radical (unpaired) electrons. The van der Waals surface area contributed by atoms with Gasteiger partial charge in [-0.25, -0.2) is 18.0 Å². The van der Waals surface area contributed by atoms with Crippen molar-refractivity contribution in [1.29, 1.82) is 0 Å². The highest BCUT2D eigenvalue weighted by Gasteiger charge is 2.47. The average Bonchev–Trinajstić information content (AvgIpc) is 3.34. The summed E-state index contributed by atoms with van der Waals surface area (Å²) in [6, 6.07) is 1.99. The summed E-state index contributed by atoms with van der Waals surface area (Å²) < 4.78 is 52.7. The lowest BCUT2D eigenvalue weighted by Crippen LogP contribution is -2.35. The van der Waals surface area contributed by atoms with Crippen molar-refractivity contribution in [1.82, 2.24) is 15.0 Å². The van der Waals surface area contributed by atoms with Crippen LogP contribution in [-0.4, -0.2) is 47.4 Å². The van der Waals surface area contributed by atoms with Crippen LogP contribution in [0.2, 0.25) is 0 Å².